The summed E-state index contributed by atoms with van der Waals surface area (Å²) < 4.78 is 10.9. The first kappa shape index (κ1) is 18.6. The second kappa shape index (κ2) is 8.09. The summed E-state index contributed by atoms with van der Waals surface area (Å²) in [6.45, 7) is 3.31. The number of anilines is 1. The summed E-state index contributed by atoms with van der Waals surface area (Å²) in [5.74, 6) is 2.47. The van der Waals surface area contributed by atoms with Gasteiger partial charge in [0.2, 0.25) is 0 Å². The van der Waals surface area contributed by atoms with Gasteiger partial charge in [0.05, 0.1) is 14.2 Å². The molecule has 0 radical (unpaired) electrons. The number of hydrogen-bond donors (Lipinski definition) is 0. The molecule has 4 rings (SSSR count). The summed E-state index contributed by atoms with van der Waals surface area (Å²) >= 11 is 0. The molecule has 0 unspecified atom stereocenters. The number of likely N-dealkylation sites (tertiary alicyclic amines) is 1. The molecule has 2 aliphatic rings. The van der Waals surface area contributed by atoms with Crippen LogP contribution < -0.4 is 14.4 Å². The van der Waals surface area contributed by atoms with E-state index in [0.29, 0.717) is 0 Å². The molecule has 0 spiro atoms. The van der Waals surface area contributed by atoms with Crippen LogP contribution in [-0.2, 0) is 13.0 Å². The maximum Gasteiger partial charge on any atom is 0.254 e. The SMILES string of the molecule is COc1cc2c(cc1OC)CN(c1cc(C(=O)N3CCCCC3)ccn1)CC2. The molecule has 0 aliphatic carbocycles. The van der Waals surface area contributed by atoms with Gasteiger partial charge in [0, 0.05) is 37.9 Å². The van der Waals surface area contributed by atoms with E-state index >= 15 is 0 Å². The van der Waals surface area contributed by atoms with Crippen molar-refractivity contribution in [1.82, 2.24) is 9.88 Å². The minimum atomic E-state index is 0.118. The molecule has 2 aromatic rings. The molecule has 1 aromatic heterocycles. The number of benzene rings is 1. The van der Waals surface area contributed by atoms with E-state index in [-0.39, 0.29) is 5.91 Å². The average Bonchev–Trinajstić information content (AvgIpc) is 2.77. The quantitative estimate of drug-likeness (QED) is 0.813. The Kier molecular flexibility index (Phi) is 5.37. The Labute approximate surface area is 166 Å². The minimum Gasteiger partial charge on any atom is -0.493 e. The van der Waals surface area contributed by atoms with E-state index in [0.717, 1.165) is 68.3 Å². The number of amides is 1. The van der Waals surface area contributed by atoms with Crippen molar-refractivity contribution in [2.24, 2.45) is 0 Å². The summed E-state index contributed by atoms with van der Waals surface area (Å²) in [5, 5.41) is 0. The van der Waals surface area contributed by atoms with Crippen molar-refractivity contribution >= 4 is 11.7 Å². The normalized spacial score (nSPS) is 16.5. The van der Waals surface area contributed by atoms with Crippen molar-refractivity contribution in [2.75, 3.05) is 38.8 Å². The molecule has 1 fully saturated rings. The highest BCUT2D eigenvalue weighted by molar-refractivity contribution is 5.95. The number of carbonyl (C=O) groups is 1. The summed E-state index contributed by atoms with van der Waals surface area (Å²) in [4.78, 5) is 21.6. The zero-order valence-electron chi connectivity index (χ0n) is 16.6. The number of fused-ring (bicyclic) bond motifs is 1. The van der Waals surface area contributed by atoms with Crippen LogP contribution in [-0.4, -0.2) is 49.6 Å². The van der Waals surface area contributed by atoms with Crippen LogP contribution in [0, 0.1) is 0 Å². The van der Waals surface area contributed by atoms with Crippen molar-refractivity contribution in [3.8, 4) is 11.5 Å². The van der Waals surface area contributed by atoms with Gasteiger partial charge in [-0.1, -0.05) is 0 Å². The zero-order chi connectivity index (χ0) is 19.5. The number of aromatic nitrogens is 1. The van der Waals surface area contributed by atoms with E-state index in [1.54, 1.807) is 20.4 Å². The average molecular weight is 381 g/mol. The van der Waals surface area contributed by atoms with Gasteiger partial charge in [-0.05, 0) is 61.1 Å². The molecule has 0 saturated carbocycles. The van der Waals surface area contributed by atoms with Gasteiger partial charge in [-0.3, -0.25) is 4.79 Å². The first-order valence-corrected chi connectivity index (χ1v) is 9.93. The van der Waals surface area contributed by atoms with E-state index < -0.39 is 0 Å². The molecule has 1 saturated heterocycles. The summed E-state index contributed by atoms with van der Waals surface area (Å²) in [5.41, 5.74) is 3.21. The number of pyridine rings is 1. The van der Waals surface area contributed by atoms with E-state index in [1.165, 1.54) is 17.5 Å². The van der Waals surface area contributed by atoms with Crippen LogP contribution in [0.3, 0.4) is 0 Å². The molecule has 0 N–H and O–H groups in total. The largest absolute Gasteiger partial charge is 0.493 e. The van der Waals surface area contributed by atoms with E-state index in [2.05, 4.69) is 16.0 Å². The highest BCUT2D eigenvalue weighted by atomic mass is 16.5. The molecule has 148 valence electrons. The molecule has 1 aromatic carbocycles. The Morgan fingerprint density at radius 1 is 0.964 bits per heavy atom. The molecule has 0 atom stereocenters. The second-order valence-electron chi connectivity index (χ2n) is 7.40. The molecule has 1 amide bonds. The monoisotopic (exact) mass is 381 g/mol. The van der Waals surface area contributed by atoms with Crippen LogP contribution in [0.4, 0.5) is 5.82 Å². The predicted octanol–water partition coefficient (Wildman–Crippen LogP) is 3.29. The topological polar surface area (TPSA) is 54.9 Å². The first-order valence-electron chi connectivity index (χ1n) is 9.93. The molecule has 28 heavy (non-hydrogen) atoms. The molecule has 6 heteroatoms. The molecule has 6 nitrogen and oxygen atoms in total. The fourth-order valence-corrected chi connectivity index (χ4v) is 4.08. The van der Waals surface area contributed by atoms with Crippen molar-refractivity contribution < 1.29 is 14.3 Å². The van der Waals surface area contributed by atoms with Gasteiger partial charge in [0.15, 0.2) is 11.5 Å². The summed E-state index contributed by atoms with van der Waals surface area (Å²) in [6, 6.07) is 7.87. The van der Waals surface area contributed by atoms with E-state index in [9.17, 15) is 4.79 Å². The molecular weight excluding hydrogens is 354 g/mol. The van der Waals surface area contributed by atoms with Crippen LogP contribution >= 0.6 is 0 Å². The fourth-order valence-electron chi connectivity index (χ4n) is 4.08. The fraction of sp³-hybridized carbons (Fsp3) is 0.455. The number of carbonyl (C=O) groups excluding carboxylic acids is 1. The van der Waals surface area contributed by atoms with Gasteiger partial charge >= 0.3 is 0 Å². The van der Waals surface area contributed by atoms with Gasteiger partial charge in [-0.25, -0.2) is 4.98 Å². The number of ether oxygens (including phenoxy) is 2. The van der Waals surface area contributed by atoms with Crippen molar-refractivity contribution in [1.29, 1.82) is 0 Å². The third-order valence-corrected chi connectivity index (χ3v) is 5.68. The molecule has 2 aliphatic heterocycles. The van der Waals surface area contributed by atoms with Gasteiger partial charge in [-0.2, -0.15) is 0 Å². The van der Waals surface area contributed by atoms with Gasteiger partial charge in [-0.15, -0.1) is 0 Å². The smallest absolute Gasteiger partial charge is 0.254 e. The summed E-state index contributed by atoms with van der Waals surface area (Å²) in [7, 11) is 3.32. The zero-order valence-corrected chi connectivity index (χ0v) is 16.6. The van der Waals surface area contributed by atoms with Gasteiger partial charge in [0.25, 0.3) is 5.91 Å². The second-order valence-corrected chi connectivity index (χ2v) is 7.40. The summed E-state index contributed by atoms with van der Waals surface area (Å²) in [6.07, 6.45) is 6.06. The predicted molar refractivity (Wildman–Crippen MR) is 108 cm³/mol. The van der Waals surface area contributed by atoms with Crippen LogP contribution in [0.2, 0.25) is 0 Å². The number of methoxy groups -OCH3 is 2. The lowest BCUT2D eigenvalue weighted by Gasteiger charge is -2.31. The van der Waals surface area contributed by atoms with Crippen LogP contribution in [0.1, 0.15) is 40.7 Å². The molecule has 0 bridgehead atoms. The first-order chi connectivity index (χ1) is 13.7. The highest BCUT2D eigenvalue weighted by Gasteiger charge is 2.23. The molecule has 3 heterocycles. The number of hydrogen-bond acceptors (Lipinski definition) is 5. The number of piperidine rings is 1. The van der Waals surface area contributed by atoms with Gasteiger partial charge in [0.1, 0.15) is 5.82 Å². The third-order valence-electron chi connectivity index (χ3n) is 5.68. The Morgan fingerprint density at radius 2 is 1.68 bits per heavy atom. The van der Waals surface area contributed by atoms with Gasteiger partial charge < -0.3 is 19.3 Å². The van der Waals surface area contributed by atoms with E-state index in [1.807, 2.05) is 23.1 Å². The van der Waals surface area contributed by atoms with Crippen molar-refractivity contribution in [3.63, 3.8) is 0 Å². The lowest BCUT2D eigenvalue weighted by Crippen LogP contribution is -2.36. The Bertz CT molecular complexity index is 862. The minimum absolute atomic E-state index is 0.118. The standard InChI is InChI=1S/C22H27N3O3/c1-27-19-12-16-7-11-25(15-18(16)13-20(19)28-2)21-14-17(6-8-23-21)22(26)24-9-4-3-5-10-24/h6,8,12-14H,3-5,7,9-11,15H2,1-2H3. The third kappa shape index (κ3) is 3.63. The lowest BCUT2D eigenvalue weighted by molar-refractivity contribution is 0.0724. The Balaban J connectivity index is 1.55. The molecular formula is C22H27N3O3. The van der Waals surface area contributed by atoms with Crippen molar-refractivity contribution in [3.05, 3.63) is 47.2 Å². The van der Waals surface area contributed by atoms with Crippen molar-refractivity contribution in [2.45, 2.75) is 32.2 Å². The van der Waals surface area contributed by atoms with Crippen LogP contribution in [0.5, 0.6) is 11.5 Å². The lowest BCUT2D eigenvalue weighted by atomic mass is 9.98. The van der Waals surface area contributed by atoms with Crippen LogP contribution in [0.15, 0.2) is 30.5 Å². The number of nitrogens with zero attached hydrogens (tertiary/aromatic N) is 3. The van der Waals surface area contributed by atoms with Crippen LogP contribution in [0.25, 0.3) is 0 Å². The van der Waals surface area contributed by atoms with E-state index in [4.69, 9.17) is 9.47 Å². The Morgan fingerprint density at radius 3 is 2.39 bits per heavy atom. The maximum atomic E-state index is 12.8. The maximum absolute atomic E-state index is 12.8. The highest BCUT2D eigenvalue weighted by Crippen LogP contribution is 2.34. The number of rotatable bonds is 4. The Hall–Kier alpha value is -2.76.